The number of hydrogen-bond donors (Lipinski definition) is 0. The minimum absolute atomic E-state index is 0.0277. The van der Waals surface area contributed by atoms with Gasteiger partial charge >= 0.3 is 5.97 Å². The van der Waals surface area contributed by atoms with Crippen LogP contribution < -0.4 is 4.90 Å². The molecule has 1 aromatic rings. The molecule has 0 bridgehead atoms. The van der Waals surface area contributed by atoms with Crippen LogP contribution in [0.2, 0.25) is 0 Å². The quantitative estimate of drug-likeness (QED) is 0.454. The van der Waals surface area contributed by atoms with Gasteiger partial charge in [-0.1, -0.05) is 0 Å². The fraction of sp³-hybridized carbons (Fsp3) is 0.462. The van der Waals surface area contributed by atoms with Gasteiger partial charge in [0.25, 0.3) is 5.69 Å². The normalized spacial score (nSPS) is 13.9. The molecule has 0 saturated heterocycles. The highest BCUT2D eigenvalue weighted by molar-refractivity contribution is 5.78. The van der Waals surface area contributed by atoms with Gasteiger partial charge < -0.3 is 9.64 Å². The van der Waals surface area contributed by atoms with E-state index >= 15 is 0 Å². The molecule has 0 atom stereocenters. The van der Waals surface area contributed by atoms with Gasteiger partial charge in [-0.25, -0.2) is 4.39 Å². The molecule has 2 rings (SSSR count). The van der Waals surface area contributed by atoms with Crippen LogP contribution in [0.15, 0.2) is 18.2 Å². The van der Waals surface area contributed by atoms with Crippen molar-refractivity contribution >= 4 is 17.3 Å². The molecule has 6 nitrogen and oxygen atoms in total. The maximum atomic E-state index is 13.4. The monoisotopic (exact) mass is 282 g/mol. The van der Waals surface area contributed by atoms with Crippen molar-refractivity contribution in [3.05, 3.63) is 34.1 Å². The third-order valence-electron chi connectivity index (χ3n) is 3.04. The number of rotatable bonds is 6. The molecule has 1 aromatic carbocycles. The lowest BCUT2D eigenvalue weighted by atomic mass is 10.2. The van der Waals surface area contributed by atoms with E-state index in [0.717, 1.165) is 31.0 Å². The van der Waals surface area contributed by atoms with E-state index < -0.39 is 16.7 Å². The van der Waals surface area contributed by atoms with E-state index in [-0.39, 0.29) is 30.6 Å². The standard InChI is InChI=1S/C13H15FN2O4/c1-2-20-13(17)8-15(10-4-5-10)12-7-9(14)3-6-11(12)16(18)19/h3,6-7,10H,2,4-5,8H2,1H3. The zero-order chi connectivity index (χ0) is 14.7. The van der Waals surface area contributed by atoms with Gasteiger partial charge in [-0.05, 0) is 25.8 Å². The van der Waals surface area contributed by atoms with Gasteiger partial charge in [-0.3, -0.25) is 14.9 Å². The molecule has 1 aliphatic rings. The summed E-state index contributed by atoms with van der Waals surface area (Å²) in [4.78, 5) is 23.6. The number of carbonyl (C=O) groups is 1. The van der Waals surface area contributed by atoms with Gasteiger partial charge in [0.1, 0.15) is 18.0 Å². The Hall–Kier alpha value is -2.18. The maximum absolute atomic E-state index is 13.4. The minimum atomic E-state index is -0.574. The molecule has 1 aliphatic carbocycles. The fourth-order valence-corrected chi connectivity index (χ4v) is 2.02. The Labute approximate surface area is 115 Å². The average molecular weight is 282 g/mol. The first-order valence-corrected chi connectivity index (χ1v) is 6.39. The smallest absolute Gasteiger partial charge is 0.325 e. The van der Waals surface area contributed by atoms with Crippen molar-refractivity contribution < 1.29 is 18.8 Å². The predicted molar refractivity (Wildman–Crippen MR) is 70.1 cm³/mol. The Morgan fingerprint density at radius 3 is 2.80 bits per heavy atom. The molecule has 0 N–H and O–H groups in total. The molecular formula is C13H15FN2O4. The SMILES string of the molecule is CCOC(=O)CN(c1cc(F)ccc1[N+](=O)[O-])C1CC1. The summed E-state index contributed by atoms with van der Waals surface area (Å²) in [5.74, 6) is -1.04. The van der Waals surface area contributed by atoms with Crippen LogP contribution >= 0.6 is 0 Å². The third-order valence-corrected chi connectivity index (χ3v) is 3.04. The number of anilines is 1. The van der Waals surface area contributed by atoms with Crippen molar-refractivity contribution in [1.82, 2.24) is 0 Å². The Morgan fingerprint density at radius 2 is 2.25 bits per heavy atom. The summed E-state index contributed by atoms with van der Waals surface area (Å²) < 4.78 is 18.2. The van der Waals surface area contributed by atoms with E-state index in [0.29, 0.717) is 0 Å². The minimum Gasteiger partial charge on any atom is -0.465 e. The highest BCUT2D eigenvalue weighted by Crippen LogP contribution is 2.37. The number of hydrogen-bond acceptors (Lipinski definition) is 5. The molecule has 20 heavy (non-hydrogen) atoms. The van der Waals surface area contributed by atoms with Crippen LogP contribution in [0.1, 0.15) is 19.8 Å². The van der Waals surface area contributed by atoms with Crippen LogP contribution in [-0.4, -0.2) is 30.1 Å². The second-order valence-electron chi connectivity index (χ2n) is 4.55. The fourth-order valence-electron chi connectivity index (χ4n) is 2.02. The van der Waals surface area contributed by atoms with Gasteiger partial charge in [0, 0.05) is 18.2 Å². The number of nitro benzene ring substituents is 1. The Morgan fingerprint density at radius 1 is 1.55 bits per heavy atom. The van der Waals surface area contributed by atoms with E-state index in [9.17, 15) is 19.3 Å². The molecular weight excluding hydrogens is 267 g/mol. The number of nitro groups is 1. The lowest BCUT2D eigenvalue weighted by molar-refractivity contribution is -0.384. The van der Waals surface area contributed by atoms with Gasteiger partial charge in [-0.15, -0.1) is 0 Å². The highest BCUT2D eigenvalue weighted by Gasteiger charge is 2.34. The van der Waals surface area contributed by atoms with Crippen molar-refractivity contribution in [2.24, 2.45) is 0 Å². The molecule has 108 valence electrons. The predicted octanol–water partition coefficient (Wildman–Crippen LogP) is 2.27. The molecule has 0 radical (unpaired) electrons. The number of ether oxygens (including phenoxy) is 1. The summed E-state index contributed by atoms with van der Waals surface area (Å²) in [6, 6.07) is 3.28. The first-order chi connectivity index (χ1) is 9.52. The number of esters is 1. The molecule has 1 saturated carbocycles. The zero-order valence-corrected chi connectivity index (χ0v) is 11.0. The van der Waals surface area contributed by atoms with Crippen LogP contribution in [0.25, 0.3) is 0 Å². The van der Waals surface area contributed by atoms with Crippen molar-refractivity contribution in [3.8, 4) is 0 Å². The second kappa shape index (κ2) is 5.85. The Kier molecular flexibility index (Phi) is 4.16. The third kappa shape index (κ3) is 3.23. The first kappa shape index (κ1) is 14.2. The second-order valence-corrected chi connectivity index (χ2v) is 4.55. The number of nitrogens with zero attached hydrogens (tertiary/aromatic N) is 2. The van der Waals surface area contributed by atoms with Gasteiger partial charge in [-0.2, -0.15) is 0 Å². The van der Waals surface area contributed by atoms with Crippen LogP contribution in [-0.2, 0) is 9.53 Å². The van der Waals surface area contributed by atoms with Crippen LogP contribution in [0.3, 0.4) is 0 Å². The lowest BCUT2D eigenvalue weighted by Gasteiger charge is -2.23. The molecule has 0 spiro atoms. The van der Waals surface area contributed by atoms with E-state index in [1.807, 2.05) is 0 Å². The number of halogens is 1. The van der Waals surface area contributed by atoms with Crippen molar-refractivity contribution in [1.29, 1.82) is 0 Å². The van der Waals surface area contributed by atoms with Crippen molar-refractivity contribution in [3.63, 3.8) is 0 Å². The highest BCUT2D eigenvalue weighted by atomic mass is 19.1. The van der Waals surface area contributed by atoms with Gasteiger partial charge in [0.05, 0.1) is 11.5 Å². The van der Waals surface area contributed by atoms with E-state index in [1.165, 1.54) is 0 Å². The van der Waals surface area contributed by atoms with E-state index in [4.69, 9.17) is 4.74 Å². The average Bonchev–Trinajstić information content (AvgIpc) is 3.20. The van der Waals surface area contributed by atoms with Crippen LogP contribution in [0.4, 0.5) is 15.8 Å². The molecule has 7 heteroatoms. The number of benzene rings is 1. The van der Waals surface area contributed by atoms with Crippen molar-refractivity contribution in [2.45, 2.75) is 25.8 Å². The van der Waals surface area contributed by atoms with Gasteiger partial charge in [0.2, 0.25) is 0 Å². The zero-order valence-electron chi connectivity index (χ0n) is 11.0. The summed E-state index contributed by atoms with van der Waals surface area (Å²) in [5, 5.41) is 11.0. The molecule has 0 unspecified atom stereocenters. The Bertz CT molecular complexity index is 531. The maximum Gasteiger partial charge on any atom is 0.325 e. The van der Waals surface area contributed by atoms with E-state index in [1.54, 1.807) is 11.8 Å². The molecule has 0 amide bonds. The van der Waals surface area contributed by atoms with Crippen LogP contribution in [0, 0.1) is 15.9 Å². The molecule has 0 aliphatic heterocycles. The van der Waals surface area contributed by atoms with Crippen molar-refractivity contribution in [2.75, 3.05) is 18.1 Å². The summed E-state index contributed by atoms with van der Waals surface area (Å²) in [6.45, 7) is 1.81. The largest absolute Gasteiger partial charge is 0.465 e. The Balaban J connectivity index is 2.31. The number of carbonyl (C=O) groups excluding carboxylic acids is 1. The first-order valence-electron chi connectivity index (χ1n) is 6.39. The summed E-state index contributed by atoms with van der Waals surface area (Å²) in [5.41, 5.74) is -0.0758. The molecule has 0 heterocycles. The topological polar surface area (TPSA) is 72.7 Å². The van der Waals surface area contributed by atoms with Crippen LogP contribution in [0.5, 0.6) is 0 Å². The molecule has 0 aromatic heterocycles. The summed E-state index contributed by atoms with van der Waals surface area (Å²) >= 11 is 0. The molecule has 1 fully saturated rings. The summed E-state index contributed by atoms with van der Waals surface area (Å²) in [7, 11) is 0. The van der Waals surface area contributed by atoms with Gasteiger partial charge in [0.15, 0.2) is 0 Å². The lowest BCUT2D eigenvalue weighted by Crippen LogP contribution is -2.33. The summed E-state index contributed by atoms with van der Waals surface area (Å²) in [6.07, 6.45) is 1.65. The van der Waals surface area contributed by atoms with E-state index in [2.05, 4.69) is 0 Å².